The number of halogens is 1. The quantitative estimate of drug-likeness (QED) is 0.917. The smallest absolute Gasteiger partial charge is 0.307 e. The molecule has 0 spiro atoms. The molecule has 0 aliphatic heterocycles. The van der Waals surface area contributed by atoms with E-state index >= 15 is 0 Å². The van der Waals surface area contributed by atoms with Gasteiger partial charge in [-0.1, -0.05) is 6.92 Å². The zero-order valence-corrected chi connectivity index (χ0v) is 10.3. The van der Waals surface area contributed by atoms with Crippen LogP contribution in [0.4, 0.5) is 0 Å². The van der Waals surface area contributed by atoms with Crippen LogP contribution in [-0.4, -0.2) is 18.2 Å². The number of hydrogen-bond donors (Lipinski definition) is 1. The van der Waals surface area contributed by atoms with Gasteiger partial charge in [-0.25, -0.2) is 0 Å². The van der Waals surface area contributed by atoms with Crippen LogP contribution in [0.3, 0.4) is 0 Å². The number of carbonyl (C=O) groups is 1. The third-order valence-electron chi connectivity index (χ3n) is 2.20. The second-order valence-corrected chi connectivity index (χ2v) is 4.03. The van der Waals surface area contributed by atoms with E-state index in [4.69, 9.17) is 9.84 Å². The molecule has 1 aromatic rings. The summed E-state index contributed by atoms with van der Waals surface area (Å²) in [5, 5.41) is 8.77. The topological polar surface area (TPSA) is 46.5 Å². The molecular formula is C11H13BrO3. The van der Waals surface area contributed by atoms with E-state index in [9.17, 15) is 4.79 Å². The molecule has 1 N–H and O–H groups in total. The van der Waals surface area contributed by atoms with Crippen LogP contribution in [-0.2, 0) is 17.6 Å². The predicted molar refractivity (Wildman–Crippen MR) is 61.4 cm³/mol. The largest absolute Gasteiger partial charge is 0.496 e. The van der Waals surface area contributed by atoms with Crippen molar-refractivity contribution in [3.8, 4) is 5.75 Å². The first-order chi connectivity index (χ1) is 7.08. The number of aliphatic carboxylic acids is 1. The zero-order chi connectivity index (χ0) is 11.4. The van der Waals surface area contributed by atoms with Gasteiger partial charge in [0.15, 0.2) is 0 Å². The van der Waals surface area contributed by atoms with Gasteiger partial charge in [-0.05, 0) is 45.6 Å². The predicted octanol–water partition coefficient (Wildman–Crippen LogP) is 2.65. The highest BCUT2D eigenvalue weighted by Gasteiger charge is 2.10. The van der Waals surface area contributed by atoms with Crippen molar-refractivity contribution in [3.63, 3.8) is 0 Å². The number of methoxy groups -OCH3 is 1. The number of aryl methyl sites for hydroxylation is 1. The van der Waals surface area contributed by atoms with Gasteiger partial charge in [0, 0.05) is 0 Å². The van der Waals surface area contributed by atoms with Gasteiger partial charge in [0.2, 0.25) is 0 Å². The average molecular weight is 273 g/mol. The lowest BCUT2D eigenvalue weighted by molar-refractivity contribution is -0.136. The third kappa shape index (κ3) is 2.96. The summed E-state index contributed by atoms with van der Waals surface area (Å²) in [6.07, 6.45) is 0.845. The van der Waals surface area contributed by atoms with Crippen LogP contribution in [0.5, 0.6) is 5.75 Å². The molecule has 15 heavy (non-hydrogen) atoms. The summed E-state index contributed by atoms with van der Waals surface area (Å²) < 4.78 is 5.98. The molecule has 1 rings (SSSR count). The van der Waals surface area contributed by atoms with Gasteiger partial charge in [-0.15, -0.1) is 0 Å². The Balaban J connectivity index is 3.16. The fraction of sp³-hybridized carbons (Fsp3) is 0.364. The van der Waals surface area contributed by atoms with Gasteiger partial charge < -0.3 is 9.84 Å². The normalized spacial score (nSPS) is 10.1. The minimum Gasteiger partial charge on any atom is -0.496 e. The number of carboxylic acids is 1. The second-order valence-electron chi connectivity index (χ2n) is 3.18. The lowest BCUT2D eigenvalue weighted by atomic mass is 10.0. The Bertz CT molecular complexity index is 374. The van der Waals surface area contributed by atoms with Crippen molar-refractivity contribution >= 4 is 21.9 Å². The van der Waals surface area contributed by atoms with E-state index in [0.29, 0.717) is 5.75 Å². The van der Waals surface area contributed by atoms with Gasteiger partial charge in [0.05, 0.1) is 18.0 Å². The Morgan fingerprint density at radius 3 is 2.60 bits per heavy atom. The van der Waals surface area contributed by atoms with Crippen LogP contribution in [0.1, 0.15) is 18.1 Å². The van der Waals surface area contributed by atoms with Gasteiger partial charge >= 0.3 is 5.97 Å². The van der Waals surface area contributed by atoms with Crippen molar-refractivity contribution in [3.05, 3.63) is 27.7 Å². The molecule has 0 heterocycles. The fourth-order valence-corrected chi connectivity index (χ4v) is 2.00. The van der Waals surface area contributed by atoms with Gasteiger partial charge in [-0.3, -0.25) is 4.79 Å². The molecule has 0 fully saturated rings. The maximum atomic E-state index is 10.7. The van der Waals surface area contributed by atoms with E-state index in [0.717, 1.165) is 22.0 Å². The first-order valence-corrected chi connectivity index (χ1v) is 5.44. The molecule has 0 radical (unpaired) electrons. The van der Waals surface area contributed by atoms with Crippen molar-refractivity contribution in [2.45, 2.75) is 19.8 Å². The highest BCUT2D eigenvalue weighted by molar-refractivity contribution is 9.10. The Hall–Kier alpha value is -1.03. The van der Waals surface area contributed by atoms with E-state index in [1.54, 1.807) is 13.2 Å². The van der Waals surface area contributed by atoms with E-state index in [2.05, 4.69) is 15.9 Å². The molecule has 4 heteroatoms. The summed E-state index contributed by atoms with van der Waals surface area (Å²) in [6.45, 7) is 2.00. The summed E-state index contributed by atoms with van der Waals surface area (Å²) in [4.78, 5) is 10.7. The molecule has 0 aromatic heterocycles. The molecule has 1 aromatic carbocycles. The number of rotatable bonds is 4. The third-order valence-corrected chi connectivity index (χ3v) is 2.82. The number of carboxylic acid groups (broad SMARTS) is 1. The van der Waals surface area contributed by atoms with Crippen LogP contribution in [0.25, 0.3) is 0 Å². The van der Waals surface area contributed by atoms with Gasteiger partial charge in [0.1, 0.15) is 5.75 Å². The highest BCUT2D eigenvalue weighted by Crippen LogP contribution is 2.29. The summed E-state index contributed by atoms with van der Waals surface area (Å²) in [7, 11) is 1.57. The first kappa shape index (κ1) is 12.0. The van der Waals surface area contributed by atoms with Crippen LogP contribution < -0.4 is 4.74 Å². The molecule has 0 saturated heterocycles. The number of hydrogen-bond acceptors (Lipinski definition) is 2. The minimum atomic E-state index is -0.825. The zero-order valence-electron chi connectivity index (χ0n) is 8.71. The average Bonchev–Trinajstić information content (AvgIpc) is 2.19. The molecule has 0 aliphatic rings. The summed E-state index contributed by atoms with van der Waals surface area (Å²) in [6, 6.07) is 3.69. The molecular weight excluding hydrogens is 260 g/mol. The number of benzene rings is 1. The van der Waals surface area contributed by atoms with Crippen LogP contribution in [0.15, 0.2) is 16.6 Å². The second kappa shape index (κ2) is 5.16. The van der Waals surface area contributed by atoms with E-state index < -0.39 is 5.97 Å². The van der Waals surface area contributed by atoms with Crippen LogP contribution in [0.2, 0.25) is 0 Å². The lowest BCUT2D eigenvalue weighted by Crippen LogP contribution is -2.04. The van der Waals surface area contributed by atoms with Crippen LogP contribution >= 0.6 is 15.9 Å². The number of ether oxygens (including phenoxy) is 1. The molecule has 3 nitrogen and oxygen atoms in total. The SMILES string of the molecule is CCc1cc(Br)c(OC)cc1CC(=O)O. The Morgan fingerprint density at radius 2 is 2.13 bits per heavy atom. The van der Waals surface area contributed by atoms with E-state index in [1.807, 2.05) is 13.0 Å². The fourth-order valence-electron chi connectivity index (χ4n) is 1.45. The van der Waals surface area contributed by atoms with Crippen molar-refractivity contribution in [1.29, 1.82) is 0 Å². The standard InChI is InChI=1S/C11H13BrO3/c1-3-7-4-9(12)10(15-2)5-8(7)6-11(13)14/h4-5H,3,6H2,1-2H3,(H,13,14). The minimum absolute atomic E-state index is 0.0345. The van der Waals surface area contributed by atoms with Crippen LogP contribution in [0, 0.1) is 0 Å². The highest BCUT2D eigenvalue weighted by atomic mass is 79.9. The maximum Gasteiger partial charge on any atom is 0.307 e. The van der Waals surface area contributed by atoms with Gasteiger partial charge in [-0.2, -0.15) is 0 Å². The first-order valence-electron chi connectivity index (χ1n) is 4.65. The Kier molecular flexibility index (Phi) is 4.15. The molecule has 82 valence electrons. The Morgan fingerprint density at radius 1 is 1.47 bits per heavy atom. The lowest BCUT2D eigenvalue weighted by Gasteiger charge is -2.10. The summed E-state index contributed by atoms with van der Waals surface area (Å²) in [5.41, 5.74) is 1.84. The maximum absolute atomic E-state index is 10.7. The van der Waals surface area contributed by atoms with E-state index in [-0.39, 0.29) is 6.42 Å². The van der Waals surface area contributed by atoms with E-state index in [1.165, 1.54) is 0 Å². The molecule has 0 aliphatic carbocycles. The van der Waals surface area contributed by atoms with Crippen molar-refractivity contribution in [1.82, 2.24) is 0 Å². The molecule has 0 bridgehead atoms. The summed E-state index contributed by atoms with van der Waals surface area (Å²) >= 11 is 3.38. The molecule has 0 atom stereocenters. The Labute approximate surface area is 97.2 Å². The van der Waals surface area contributed by atoms with Crippen molar-refractivity contribution in [2.75, 3.05) is 7.11 Å². The van der Waals surface area contributed by atoms with Crippen molar-refractivity contribution in [2.24, 2.45) is 0 Å². The molecule has 0 amide bonds. The van der Waals surface area contributed by atoms with Crippen molar-refractivity contribution < 1.29 is 14.6 Å². The van der Waals surface area contributed by atoms with Gasteiger partial charge in [0.25, 0.3) is 0 Å². The summed E-state index contributed by atoms with van der Waals surface area (Å²) in [5.74, 6) is -0.155. The molecule has 0 saturated carbocycles. The monoisotopic (exact) mass is 272 g/mol. The molecule has 0 unspecified atom stereocenters.